The molecule has 0 bridgehead atoms. The van der Waals surface area contributed by atoms with Crippen molar-refractivity contribution in [1.82, 2.24) is 0 Å². The summed E-state index contributed by atoms with van der Waals surface area (Å²) in [6, 6.07) is 14.3. The third-order valence-corrected chi connectivity index (χ3v) is 2.82. The topological polar surface area (TPSA) is 44.8 Å². The summed E-state index contributed by atoms with van der Waals surface area (Å²) in [7, 11) is 3.08. The Bertz CT molecular complexity index is 578. The molecule has 4 heteroatoms. The average molecular weight is 272 g/mol. The number of carbonyl (C=O) groups excluding carboxylic acids is 1. The maximum absolute atomic E-state index is 12.2. The molecule has 2 aromatic rings. The van der Waals surface area contributed by atoms with Gasteiger partial charge in [0, 0.05) is 0 Å². The van der Waals surface area contributed by atoms with E-state index in [0.717, 1.165) is 0 Å². The molecule has 0 N–H and O–H groups in total. The van der Waals surface area contributed by atoms with Crippen molar-refractivity contribution in [3.63, 3.8) is 0 Å². The lowest BCUT2D eigenvalue weighted by molar-refractivity contribution is 0.0918. The minimum absolute atomic E-state index is 0.0481. The molecule has 4 nitrogen and oxygen atoms in total. The van der Waals surface area contributed by atoms with Crippen LogP contribution >= 0.6 is 0 Å². The molecule has 0 atom stereocenters. The summed E-state index contributed by atoms with van der Waals surface area (Å²) in [6.07, 6.45) is 0. The van der Waals surface area contributed by atoms with Gasteiger partial charge in [-0.2, -0.15) is 0 Å². The van der Waals surface area contributed by atoms with Gasteiger partial charge in [-0.1, -0.05) is 18.2 Å². The van der Waals surface area contributed by atoms with E-state index in [4.69, 9.17) is 14.2 Å². The lowest BCUT2D eigenvalue weighted by Gasteiger charge is -2.10. The summed E-state index contributed by atoms with van der Waals surface area (Å²) in [6.45, 7) is -0.0481. The van der Waals surface area contributed by atoms with Gasteiger partial charge in [-0.15, -0.1) is 0 Å². The minimum Gasteiger partial charge on any atom is -0.497 e. The van der Waals surface area contributed by atoms with Gasteiger partial charge < -0.3 is 14.2 Å². The summed E-state index contributed by atoms with van der Waals surface area (Å²) in [4.78, 5) is 12.2. The molecule has 0 spiro atoms. The van der Waals surface area contributed by atoms with Crippen LogP contribution in [0.15, 0.2) is 48.5 Å². The fraction of sp³-hybridized carbons (Fsp3) is 0.188. The van der Waals surface area contributed by atoms with E-state index >= 15 is 0 Å². The SMILES string of the molecule is COc1ccc(OC)c(C(=O)COc2ccccc2)c1. The molecule has 0 saturated carbocycles. The van der Waals surface area contributed by atoms with Gasteiger partial charge >= 0.3 is 0 Å². The monoisotopic (exact) mass is 272 g/mol. The number of ether oxygens (including phenoxy) is 3. The summed E-state index contributed by atoms with van der Waals surface area (Å²) < 4.78 is 15.8. The van der Waals surface area contributed by atoms with Crippen molar-refractivity contribution in [2.24, 2.45) is 0 Å². The molecule has 0 amide bonds. The van der Waals surface area contributed by atoms with Gasteiger partial charge in [-0.05, 0) is 30.3 Å². The predicted octanol–water partition coefficient (Wildman–Crippen LogP) is 2.97. The molecule has 0 saturated heterocycles. The first-order valence-electron chi connectivity index (χ1n) is 6.17. The predicted molar refractivity (Wildman–Crippen MR) is 75.8 cm³/mol. The number of benzene rings is 2. The van der Waals surface area contributed by atoms with Crippen LogP contribution in [0.25, 0.3) is 0 Å². The first-order valence-corrected chi connectivity index (χ1v) is 6.17. The number of Topliss-reactive ketones (excluding diaryl/α,β-unsaturated/α-hetero) is 1. The fourth-order valence-electron chi connectivity index (χ4n) is 1.78. The summed E-state index contributed by atoms with van der Waals surface area (Å²) in [5, 5.41) is 0. The van der Waals surface area contributed by atoms with Gasteiger partial charge in [0.2, 0.25) is 5.78 Å². The first kappa shape index (κ1) is 13.9. The molecule has 0 heterocycles. The molecule has 20 heavy (non-hydrogen) atoms. The zero-order valence-corrected chi connectivity index (χ0v) is 11.5. The van der Waals surface area contributed by atoms with Crippen molar-refractivity contribution in [1.29, 1.82) is 0 Å². The number of ketones is 1. The van der Waals surface area contributed by atoms with E-state index in [-0.39, 0.29) is 12.4 Å². The van der Waals surface area contributed by atoms with Crippen molar-refractivity contribution >= 4 is 5.78 Å². The highest BCUT2D eigenvalue weighted by Gasteiger charge is 2.14. The van der Waals surface area contributed by atoms with Crippen molar-refractivity contribution in [2.45, 2.75) is 0 Å². The van der Waals surface area contributed by atoms with Gasteiger partial charge in [0.15, 0.2) is 6.61 Å². The van der Waals surface area contributed by atoms with Crippen LogP contribution in [0.5, 0.6) is 17.2 Å². The van der Waals surface area contributed by atoms with E-state index in [1.54, 1.807) is 37.4 Å². The number of hydrogen-bond acceptors (Lipinski definition) is 4. The van der Waals surface area contributed by atoms with Gasteiger partial charge in [-0.3, -0.25) is 4.79 Å². The Balaban J connectivity index is 2.12. The van der Waals surface area contributed by atoms with E-state index in [0.29, 0.717) is 22.8 Å². The van der Waals surface area contributed by atoms with Crippen LogP contribution in [0.3, 0.4) is 0 Å². The molecule has 0 aliphatic rings. The molecule has 2 rings (SSSR count). The van der Waals surface area contributed by atoms with Crippen LogP contribution in [0, 0.1) is 0 Å². The maximum Gasteiger partial charge on any atom is 0.204 e. The Kier molecular flexibility index (Phi) is 4.60. The summed E-state index contributed by atoms with van der Waals surface area (Å²) in [5.74, 6) is 1.61. The molecule has 104 valence electrons. The van der Waals surface area contributed by atoms with Gasteiger partial charge in [0.05, 0.1) is 19.8 Å². The molecule has 0 radical (unpaired) electrons. The largest absolute Gasteiger partial charge is 0.497 e. The van der Waals surface area contributed by atoms with Crippen molar-refractivity contribution in [3.8, 4) is 17.2 Å². The Morgan fingerprint density at radius 3 is 2.35 bits per heavy atom. The van der Waals surface area contributed by atoms with E-state index in [1.807, 2.05) is 18.2 Å². The van der Waals surface area contributed by atoms with E-state index in [1.165, 1.54) is 7.11 Å². The third kappa shape index (κ3) is 3.29. The molecule has 0 aliphatic heterocycles. The lowest BCUT2D eigenvalue weighted by atomic mass is 10.1. The molecule has 2 aromatic carbocycles. The van der Waals surface area contributed by atoms with E-state index in [2.05, 4.69) is 0 Å². The quantitative estimate of drug-likeness (QED) is 0.758. The van der Waals surface area contributed by atoms with E-state index in [9.17, 15) is 4.79 Å². The highest BCUT2D eigenvalue weighted by Crippen LogP contribution is 2.24. The Morgan fingerprint density at radius 1 is 0.950 bits per heavy atom. The number of rotatable bonds is 6. The van der Waals surface area contributed by atoms with Gasteiger partial charge in [-0.25, -0.2) is 0 Å². The second-order valence-corrected chi connectivity index (χ2v) is 4.09. The second-order valence-electron chi connectivity index (χ2n) is 4.09. The zero-order valence-electron chi connectivity index (χ0n) is 11.5. The smallest absolute Gasteiger partial charge is 0.204 e. The van der Waals surface area contributed by atoms with Crippen LogP contribution < -0.4 is 14.2 Å². The van der Waals surface area contributed by atoms with Crippen LogP contribution in [-0.4, -0.2) is 26.6 Å². The van der Waals surface area contributed by atoms with Gasteiger partial charge in [0.25, 0.3) is 0 Å². The van der Waals surface area contributed by atoms with Crippen LogP contribution in [0.4, 0.5) is 0 Å². The van der Waals surface area contributed by atoms with Crippen LogP contribution in [0.1, 0.15) is 10.4 Å². The van der Waals surface area contributed by atoms with Gasteiger partial charge in [0.1, 0.15) is 17.2 Å². The Hall–Kier alpha value is -2.49. The molecule has 0 fully saturated rings. The molecule has 0 aromatic heterocycles. The number of methoxy groups -OCH3 is 2. The summed E-state index contributed by atoms with van der Waals surface area (Å²) in [5.41, 5.74) is 0.447. The first-order chi connectivity index (χ1) is 9.74. The maximum atomic E-state index is 12.2. The standard InChI is InChI=1S/C16H16O4/c1-18-13-8-9-16(19-2)14(10-13)15(17)11-20-12-6-4-3-5-7-12/h3-10H,11H2,1-2H3. The van der Waals surface area contributed by atoms with Crippen molar-refractivity contribution in [2.75, 3.05) is 20.8 Å². The highest BCUT2D eigenvalue weighted by atomic mass is 16.5. The Labute approximate surface area is 117 Å². The average Bonchev–Trinajstić information content (AvgIpc) is 2.52. The summed E-state index contributed by atoms with van der Waals surface area (Å²) >= 11 is 0. The fourth-order valence-corrected chi connectivity index (χ4v) is 1.78. The number of hydrogen-bond donors (Lipinski definition) is 0. The highest BCUT2D eigenvalue weighted by molar-refractivity contribution is 6.00. The lowest BCUT2D eigenvalue weighted by Crippen LogP contribution is -2.13. The third-order valence-electron chi connectivity index (χ3n) is 2.82. The van der Waals surface area contributed by atoms with Crippen molar-refractivity contribution < 1.29 is 19.0 Å². The number of para-hydroxylation sites is 1. The Morgan fingerprint density at radius 2 is 1.70 bits per heavy atom. The normalized spacial score (nSPS) is 9.90. The molecular weight excluding hydrogens is 256 g/mol. The molecular formula is C16H16O4. The van der Waals surface area contributed by atoms with Crippen molar-refractivity contribution in [3.05, 3.63) is 54.1 Å². The minimum atomic E-state index is -0.162. The second kappa shape index (κ2) is 6.61. The van der Waals surface area contributed by atoms with Crippen LogP contribution in [0.2, 0.25) is 0 Å². The van der Waals surface area contributed by atoms with E-state index < -0.39 is 0 Å². The molecule has 0 unspecified atom stereocenters. The molecule has 0 aliphatic carbocycles. The number of carbonyl (C=O) groups is 1. The zero-order chi connectivity index (χ0) is 14.4. The van der Waals surface area contributed by atoms with Crippen LogP contribution in [-0.2, 0) is 0 Å².